The Morgan fingerprint density at radius 2 is 1.86 bits per heavy atom. The summed E-state index contributed by atoms with van der Waals surface area (Å²) in [5, 5.41) is 3.70. The van der Waals surface area contributed by atoms with Crippen molar-refractivity contribution in [1.29, 1.82) is 0 Å². The lowest BCUT2D eigenvalue weighted by atomic mass is 9.78. The van der Waals surface area contributed by atoms with Crippen molar-refractivity contribution < 1.29 is 4.74 Å². The highest BCUT2D eigenvalue weighted by molar-refractivity contribution is 9.10. The molecule has 0 aliphatic carbocycles. The van der Waals surface area contributed by atoms with E-state index in [0.717, 1.165) is 33.5 Å². The van der Waals surface area contributed by atoms with Gasteiger partial charge in [-0.15, -0.1) is 0 Å². The number of para-hydroxylation sites is 1. The molecule has 0 amide bonds. The third kappa shape index (κ3) is 2.77. The number of anilines is 1. The van der Waals surface area contributed by atoms with Crippen LogP contribution in [0.1, 0.15) is 43.1 Å². The van der Waals surface area contributed by atoms with Gasteiger partial charge >= 0.3 is 0 Å². The van der Waals surface area contributed by atoms with Crippen molar-refractivity contribution in [3.05, 3.63) is 88.4 Å². The molecular formula is C25H22BrNO. The van der Waals surface area contributed by atoms with E-state index in [9.17, 15) is 0 Å². The maximum Gasteiger partial charge on any atom is 0.150 e. The summed E-state index contributed by atoms with van der Waals surface area (Å²) in [6.45, 7) is 8.90. The van der Waals surface area contributed by atoms with Crippen LogP contribution in [0.5, 0.6) is 5.75 Å². The molecule has 28 heavy (non-hydrogen) atoms. The summed E-state index contributed by atoms with van der Waals surface area (Å²) in [5.74, 6) is 0.926. The second kappa shape index (κ2) is 6.25. The van der Waals surface area contributed by atoms with Gasteiger partial charge in [0.2, 0.25) is 0 Å². The molecule has 1 N–H and O–H groups in total. The molecule has 1 unspecified atom stereocenters. The summed E-state index contributed by atoms with van der Waals surface area (Å²) in [7, 11) is 0. The number of fused-ring (bicyclic) bond motifs is 5. The van der Waals surface area contributed by atoms with Gasteiger partial charge in [0.1, 0.15) is 5.75 Å². The molecule has 0 saturated carbocycles. The van der Waals surface area contributed by atoms with Crippen LogP contribution in [0.25, 0.3) is 16.7 Å². The molecule has 0 fully saturated rings. The first-order valence-electron chi connectivity index (χ1n) is 9.58. The van der Waals surface area contributed by atoms with E-state index in [1.807, 2.05) is 12.1 Å². The Balaban J connectivity index is 1.80. The van der Waals surface area contributed by atoms with Gasteiger partial charge in [-0.1, -0.05) is 58.9 Å². The second-order valence-electron chi connectivity index (χ2n) is 8.29. The maximum atomic E-state index is 6.58. The van der Waals surface area contributed by atoms with Crippen LogP contribution in [0.4, 0.5) is 5.69 Å². The van der Waals surface area contributed by atoms with Gasteiger partial charge < -0.3 is 10.1 Å². The fourth-order valence-electron chi connectivity index (χ4n) is 4.52. The summed E-state index contributed by atoms with van der Waals surface area (Å²) in [6, 6.07) is 21.1. The Bertz CT molecular complexity index is 1120. The molecule has 2 aliphatic rings. The average molecular weight is 432 g/mol. The quantitative estimate of drug-likeness (QED) is 0.439. The number of halogens is 1. The van der Waals surface area contributed by atoms with Gasteiger partial charge in [0.15, 0.2) is 6.10 Å². The van der Waals surface area contributed by atoms with Crippen molar-refractivity contribution in [2.45, 2.75) is 31.9 Å². The van der Waals surface area contributed by atoms with Crippen LogP contribution in [0, 0.1) is 0 Å². The molecule has 140 valence electrons. The molecule has 0 radical (unpaired) electrons. The zero-order valence-corrected chi connectivity index (χ0v) is 17.6. The average Bonchev–Trinajstić information content (AvgIpc) is 2.65. The Morgan fingerprint density at radius 3 is 2.68 bits per heavy atom. The minimum absolute atomic E-state index is 0.00295. The van der Waals surface area contributed by atoms with Gasteiger partial charge in [-0.3, -0.25) is 0 Å². The fourth-order valence-corrected chi connectivity index (χ4v) is 4.94. The van der Waals surface area contributed by atoms with Gasteiger partial charge in [-0.2, -0.15) is 0 Å². The van der Waals surface area contributed by atoms with E-state index in [1.54, 1.807) is 0 Å². The number of ether oxygens (including phenoxy) is 1. The summed E-state index contributed by atoms with van der Waals surface area (Å²) in [5.41, 5.74) is 8.23. The van der Waals surface area contributed by atoms with Gasteiger partial charge in [0.25, 0.3) is 0 Å². The standard InChI is InChI=1S/C25H22BrNO/c1-15-14-25(2,3)27-20-12-11-19-18-9-4-5-10-21(18)28-24(23(19)22(15)20)16-7-6-8-17(26)13-16/h4-13,24,27H,1,14H2,2-3H3. The van der Waals surface area contributed by atoms with Crippen molar-refractivity contribution >= 4 is 27.2 Å². The zero-order valence-electron chi connectivity index (χ0n) is 16.1. The minimum Gasteiger partial charge on any atom is -0.480 e. The van der Waals surface area contributed by atoms with Crippen molar-refractivity contribution in [2.24, 2.45) is 0 Å². The molecule has 3 heteroatoms. The van der Waals surface area contributed by atoms with E-state index in [1.165, 1.54) is 22.3 Å². The molecule has 0 spiro atoms. The molecular weight excluding hydrogens is 410 g/mol. The van der Waals surface area contributed by atoms with Crippen LogP contribution in [-0.4, -0.2) is 5.54 Å². The van der Waals surface area contributed by atoms with E-state index in [0.29, 0.717) is 0 Å². The zero-order chi connectivity index (χ0) is 19.5. The highest BCUT2D eigenvalue weighted by atomic mass is 79.9. The highest BCUT2D eigenvalue weighted by Gasteiger charge is 2.35. The maximum absolute atomic E-state index is 6.58. The largest absolute Gasteiger partial charge is 0.480 e. The normalized spacial score (nSPS) is 19.0. The van der Waals surface area contributed by atoms with Crippen molar-refractivity contribution in [1.82, 2.24) is 0 Å². The van der Waals surface area contributed by atoms with Crippen LogP contribution in [0.3, 0.4) is 0 Å². The predicted octanol–water partition coefficient (Wildman–Crippen LogP) is 7.21. The molecule has 0 saturated heterocycles. The second-order valence-corrected chi connectivity index (χ2v) is 9.20. The van der Waals surface area contributed by atoms with Crippen molar-refractivity contribution in [3.63, 3.8) is 0 Å². The predicted molar refractivity (Wildman–Crippen MR) is 120 cm³/mol. The number of hydrogen-bond acceptors (Lipinski definition) is 2. The molecule has 0 aromatic heterocycles. The Morgan fingerprint density at radius 1 is 1.04 bits per heavy atom. The van der Waals surface area contributed by atoms with Crippen LogP contribution in [-0.2, 0) is 0 Å². The number of hydrogen-bond donors (Lipinski definition) is 1. The minimum atomic E-state index is -0.169. The first kappa shape index (κ1) is 17.6. The molecule has 2 aliphatic heterocycles. The van der Waals surface area contributed by atoms with E-state index in [-0.39, 0.29) is 11.6 Å². The lowest BCUT2D eigenvalue weighted by Crippen LogP contribution is -2.35. The number of rotatable bonds is 1. The van der Waals surface area contributed by atoms with Crippen LogP contribution < -0.4 is 10.1 Å². The van der Waals surface area contributed by atoms with Crippen LogP contribution in [0.15, 0.2) is 71.7 Å². The van der Waals surface area contributed by atoms with Crippen LogP contribution in [0.2, 0.25) is 0 Å². The van der Waals surface area contributed by atoms with Gasteiger partial charge in [0, 0.05) is 32.4 Å². The van der Waals surface area contributed by atoms with Crippen molar-refractivity contribution in [2.75, 3.05) is 5.32 Å². The molecule has 3 aromatic carbocycles. The van der Waals surface area contributed by atoms with Crippen LogP contribution >= 0.6 is 15.9 Å². The lowest BCUT2D eigenvalue weighted by Gasteiger charge is -2.39. The third-order valence-corrected chi connectivity index (χ3v) is 6.06. The van der Waals surface area contributed by atoms with E-state index < -0.39 is 0 Å². The van der Waals surface area contributed by atoms with Gasteiger partial charge in [0.05, 0.1) is 0 Å². The molecule has 1 atom stereocenters. The van der Waals surface area contributed by atoms with E-state index in [2.05, 4.69) is 90.2 Å². The Hall–Kier alpha value is -2.52. The SMILES string of the molecule is C=C1CC(C)(C)Nc2ccc3c(c21)C(c1cccc(Br)c1)Oc1ccccc1-3. The molecule has 0 bridgehead atoms. The third-order valence-electron chi connectivity index (χ3n) is 5.56. The summed E-state index contributed by atoms with van der Waals surface area (Å²) < 4.78 is 7.63. The Labute approximate surface area is 174 Å². The highest BCUT2D eigenvalue weighted by Crippen LogP contribution is 2.51. The van der Waals surface area contributed by atoms with Crippen molar-refractivity contribution in [3.8, 4) is 16.9 Å². The summed E-state index contributed by atoms with van der Waals surface area (Å²) in [4.78, 5) is 0. The summed E-state index contributed by atoms with van der Waals surface area (Å²) in [6.07, 6.45) is 0.737. The van der Waals surface area contributed by atoms with Gasteiger partial charge in [-0.05, 0) is 61.2 Å². The monoisotopic (exact) mass is 431 g/mol. The van der Waals surface area contributed by atoms with E-state index in [4.69, 9.17) is 4.74 Å². The number of nitrogens with one attached hydrogen (secondary N) is 1. The fraction of sp³-hybridized carbons (Fsp3) is 0.200. The molecule has 3 aromatic rings. The summed E-state index contributed by atoms with van der Waals surface area (Å²) >= 11 is 3.62. The molecule has 2 heterocycles. The first-order valence-corrected chi connectivity index (χ1v) is 10.4. The first-order chi connectivity index (χ1) is 13.4. The number of benzene rings is 3. The van der Waals surface area contributed by atoms with Gasteiger partial charge in [-0.25, -0.2) is 0 Å². The smallest absolute Gasteiger partial charge is 0.150 e. The topological polar surface area (TPSA) is 21.3 Å². The van der Waals surface area contributed by atoms with E-state index >= 15 is 0 Å². The Kier molecular flexibility index (Phi) is 3.92. The molecule has 5 rings (SSSR count). The molecule has 2 nitrogen and oxygen atoms in total. The lowest BCUT2D eigenvalue weighted by molar-refractivity contribution is 0.243.